The fraction of sp³-hybridized carbons (Fsp3) is 0.143. The summed E-state index contributed by atoms with van der Waals surface area (Å²) in [6.45, 7) is 3.71. The first-order valence-corrected chi connectivity index (χ1v) is 6.27. The van der Waals surface area contributed by atoms with Gasteiger partial charge < -0.3 is 8.94 Å². The van der Waals surface area contributed by atoms with Gasteiger partial charge in [0, 0.05) is 11.6 Å². The Hall–Kier alpha value is -2.96. The number of aryl methyl sites for hydroxylation is 2. The van der Waals surface area contributed by atoms with E-state index in [0.29, 0.717) is 11.6 Å². The third-order valence-corrected chi connectivity index (χ3v) is 2.79. The molecule has 0 spiro atoms. The molecule has 21 heavy (non-hydrogen) atoms. The van der Waals surface area contributed by atoms with Crippen molar-refractivity contribution in [3.8, 4) is 11.5 Å². The number of carbonyl (C=O) groups is 1. The Morgan fingerprint density at radius 2 is 1.90 bits per heavy atom. The van der Waals surface area contributed by atoms with E-state index in [4.69, 9.17) is 8.94 Å². The zero-order valence-corrected chi connectivity index (χ0v) is 11.5. The maximum absolute atomic E-state index is 11.9. The summed E-state index contributed by atoms with van der Waals surface area (Å²) in [5, 5.41) is 13.8. The summed E-state index contributed by atoms with van der Waals surface area (Å²) in [5.74, 6) is 0.514. The highest BCUT2D eigenvalue weighted by Crippen LogP contribution is 2.18. The van der Waals surface area contributed by atoms with Gasteiger partial charge in [-0.2, -0.15) is 0 Å². The van der Waals surface area contributed by atoms with Gasteiger partial charge in [0.05, 0.1) is 0 Å². The van der Waals surface area contributed by atoms with Crippen molar-refractivity contribution in [2.45, 2.75) is 13.8 Å². The number of carbonyl (C=O) groups excluding carboxylic acids is 1. The van der Waals surface area contributed by atoms with Crippen LogP contribution in [0.1, 0.15) is 22.0 Å². The molecule has 0 radical (unpaired) electrons. The lowest BCUT2D eigenvalue weighted by Gasteiger charge is -1.96. The zero-order chi connectivity index (χ0) is 14.8. The van der Waals surface area contributed by atoms with Crippen molar-refractivity contribution in [1.82, 2.24) is 15.4 Å². The lowest BCUT2D eigenvalue weighted by atomic mass is 10.1. The molecule has 0 fully saturated rings. The molecule has 3 aromatic rings. The van der Waals surface area contributed by atoms with Crippen molar-refractivity contribution in [1.29, 1.82) is 0 Å². The predicted octanol–water partition coefficient (Wildman–Crippen LogP) is 2.59. The number of amides is 1. The van der Waals surface area contributed by atoms with Crippen LogP contribution in [-0.4, -0.2) is 21.3 Å². The molecule has 2 aromatic heterocycles. The van der Waals surface area contributed by atoms with Crippen molar-refractivity contribution in [3.63, 3.8) is 0 Å². The third-order valence-electron chi connectivity index (χ3n) is 2.79. The molecule has 0 aliphatic carbocycles. The summed E-state index contributed by atoms with van der Waals surface area (Å²) in [6, 6.07) is 9.15. The lowest BCUT2D eigenvalue weighted by molar-refractivity contribution is 0.0990. The van der Waals surface area contributed by atoms with Gasteiger partial charge in [0.25, 0.3) is 0 Å². The number of aromatic nitrogens is 3. The molecule has 0 unspecified atom stereocenters. The third kappa shape index (κ3) is 2.81. The number of nitrogens with one attached hydrogen (secondary N) is 1. The summed E-state index contributed by atoms with van der Waals surface area (Å²) in [5.41, 5.74) is 1.88. The number of nitrogens with zero attached hydrogens (tertiary/aromatic N) is 3. The largest absolute Gasteiger partial charge is 0.412 e. The molecule has 1 N–H and O–H groups in total. The Bertz CT molecular complexity index is 774. The average Bonchev–Trinajstić information content (AvgIpc) is 3.09. The van der Waals surface area contributed by atoms with Crippen LogP contribution in [0.5, 0.6) is 0 Å². The molecule has 7 heteroatoms. The fourth-order valence-electron chi connectivity index (χ4n) is 1.72. The second-order valence-corrected chi connectivity index (χ2v) is 4.56. The second-order valence-electron chi connectivity index (χ2n) is 4.56. The molecule has 0 aliphatic rings. The number of hydrogen-bond donors (Lipinski definition) is 1. The van der Waals surface area contributed by atoms with Gasteiger partial charge in [0.1, 0.15) is 5.76 Å². The maximum atomic E-state index is 11.9. The number of anilines is 1. The molecule has 1 aromatic carbocycles. The highest BCUT2D eigenvalue weighted by atomic mass is 16.5. The second kappa shape index (κ2) is 5.20. The van der Waals surface area contributed by atoms with E-state index in [0.717, 1.165) is 11.1 Å². The van der Waals surface area contributed by atoms with E-state index in [1.165, 1.54) is 0 Å². The lowest BCUT2D eigenvalue weighted by Crippen LogP contribution is -2.12. The maximum Gasteiger partial charge on any atom is 0.314 e. The first-order chi connectivity index (χ1) is 10.1. The van der Waals surface area contributed by atoms with Gasteiger partial charge in [-0.1, -0.05) is 22.9 Å². The van der Waals surface area contributed by atoms with E-state index in [9.17, 15) is 4.79 Å². The van der Waals surface area contributed by atoms with Crippen molar-refractivity contribution >= 4 is 11.7 Å². The standard InChI is InChI=1S/C14H12N4O3/c1-8-3-5-10(6-4-8)13-16-17-14(20-13)12(19)15-11-7-9(2)21-18-11/h3-7H,1-2H3,(H,15,18,19). The molecule has 7 nitrogen and oxygen atoms in total. The number of hydrogen-bond acceptors (Lipinski definition) is 6. The van der Waals surface area contributed by atoms with E-state index in [1.54, 1.807) is 13.0 Å². The minimum Gasteiger partial charge on any atom is -0.412 e. The minimum absolute atomic E-state index is 0.133. The Morgan fingerprint density at radius 3 is 2.57 bits per heavy atom. The van der Waals surface area contributed by atoms with Crippen LogP contribution in [0.3, 0.4) is 0 Å². The Balaban J connectivity index is 1.78. The van der Waals surface area contributed by atoms with Crippen molar-refractivity contribution in [2.24, 2.45) is 0 Å². The molecular formula is C14H12N4O3. The van der Waals surface area contributed by atoms with Gasteiger partial charge in [0.15, 0.2) is 5.82 Å². The van der Waals surface area contributed by atoms with Gasteiger partial charge in [-0.3, -0.25) is 10.1 Å². The summed E-state index contributed by atoms with van der Waals surface area (Å²) < 4.78 is 10.2. The molecule has 106 valence electrons. The van der Waals surface area contributed by atoms with Gasteiger partial charge in [0.2, 0.25) is 5.89 Å². The molecule has 0 atom stereocenters. The Morgan fingerprint density at radius 1 is 1.14 bits per heavy atom. The summed E-state index contributed by atoms with van der Waals surface area (Å²) in [4.78, 5) is 11.9. The monoisotopic (exact) mass is 284 g/mol. The quantitative estimate of drug-likeness (QED) is 0.794. The fourth-order valence-corrected chi connectivity index (χ4v) is 1.72. The molecule has 0 bridgehead atoms. The molecule has 0 saturated carbocycles. The average molecular weight is 284 g/mol. The Kier molecular flexibility index (Phi) is 3.23. The number of rotatable bonds is 3. The van der Waals surface area contributed by atoms with Crippen LogP contribution in [0, 0.1) is 13.8 Å². The molecular weight excluding hydrogens is 272 g/mol. The Labute approximate surface area is 120 Å². The molecule has 0 aliphatic heterocycles. The van der Waals surface area contributed by atoms with E-state index in [1.807, 2.05) is 31.2 Å². The van der Waals surface area contributed by atoms with Crippen LogP contribution in [0.25, 0.3) is 11.5 Å². The first kappa shape index (κ1) is 13.0. The van der Waals surface area contributed by atoms with E-state index >= 15 is 0 Å². The first-order valence-electron chi connectivity index (χ1n) is 6.27. The number of benzene rings is 1. The van der Waals surface area contributed by atoms with E-state index < -0.39 is 5.91 Å². The summed E-state index contributed by atoms with van der Waals surface area (Å²) in [7, 11) is 0. The van der Waals surface area contributed by atoms with Crippen LogP contribution in [0.4, 0.5) is 5.82 Å². The summed E-state index contributed by atoms with van der Waals surface area (Å²) >= 11 is 0. The van der Waals surface area contributed by atoms with Gasteiger partial charge >= 0.3 is 11.8 Å². The van der Waals surface area contributed by atoms with Crippen molar-refractivity contribution in [2.75, 3.05) is 5.32 Å². The zero-order valence-electron chi connectivity index (χ0n) is 11.5. The summed E-state index contributed by atoms with van der Waals surface area (Å²) in [6.07, 6.45) is 0. The molecule has 0 saturated heterocycles. The van der Waals surface area contributed by atoms with Gasteiger partial charge in [-0.15, -0.1) is 10.2 Å². The highest BCUT2D eigenvalue weighted by molar-refractivity contribution is 6.00. The van der Waals surface area contributed by atoms with Crippen LogP contribution in [0.15, 0.2) is 39.3 Å². The highest BCUT2D eigenvalue weighted by Gasteiger charge is 2.17. The normalized spacial score (nSPS) is 10.6. The van der Waals surface area contributed by atoms with Crippen molar-refractivity contribution < 1.29 is 13.7 Å². The minimum atomic E-state index is -0.533. The SMILES string of the molecule is Cc1ccc(-c2nnc(C(=O)Nc3cc(C)on3)o2)cc1. The topological polar surface area (TPSA) is 94.1 Å². The molecule has 1 amide bonds. The molecule has 2 heterocycles. The van der Waals surface area contributed by atoms with Crippen molar-refractivity contribution in [3.05, 3.63) is 47.5 Å². The predicted molar refractivity (Wildman–Crippen MR) is 73.7 cm³/mol. The smallest absolute Gasteiger partial charge is 0.314 e. The molecule has 3 rings (SSSR count). The van der Waals surface area contributed by atoms with Crippen LogP contribution >= 0.6 is 0 Å². The van der Waals surface area contributed by atoms with Crippen LogP contribution < -0.4 is 5.32 Å². The van der Waals surface area contributed by atoms with Gasteiger partial charge in [-0.05, 0) is 26.0 Å². The van der Waals surface area contributed by atoms with E-state index in [-0.39, 0.29) is 11.8 Å². The van der Waals surface area contributed by atoms with Crippen LogP contribution in [0.2, 0.25) is 0 Å². The van der Waals surface area contributed by atoms with E-state index in [2.05, 4.69) is 20.7 Å². The van der Waals surface area contributed by atoms with Gasteiger partial charge in [-0.25, -0.2) is 0 Å². The van der Waals surface area contributed by atoms with Crippen LogP contribution in [-0.2, 0) is 0 Å².